The lowest BCUT2D eigenvalue weighted by Crippen LogP contribution is -2.62. The number of benzene rings is 2. The van der Waals surface area contributed by atoms with Crippen LogP contribution in [0.2, 0.25) is 0 Å². The Balaban J connectivity index is 1.83. The quantitative estimate of drug-likeness (QED) is 0.219. The Kier molecular flexibility index (Phi) is 9.38. The summed E-state index contributed by atoms with van der Waals surface area (Å²) in [5.41, 5.74) is -0.530. The molecule has 1 aliphatic carbocycles. The first-order chi connectivity index (χ1) is 19.8. The summed E-state index contributed by atoms with van der Waals surface area (Å²) >= 11 is 0. The third-order valence-corrected chi connectivity index (χ3v) is 8.07. The second-order valence-electron chi connectivity index (χ2n) is 10.4. The van der Waals surface area contributed by atoms with Gasteiger partial charge in [0.05, 0.1) is 34.5 Å². The first kappa shape index (κ1) is 30.1. The number of fused-ring (bicyclic) bond motifs is 2. The number of methoxy groups -OCH3 is 3. The van der Waals surface area contributed by atoms with Crippen molar-refractivity contribution in [2.24, 2.45) is 10.8 Å². The van der Waals surface area contributed by atoms with E-state index in [-0.39, 0.29) is 19.0 Å². The smallest absolute Gasteiger partial charge is 0.317 e. The summed E-state index contributed by atoms with van der Waals surface area (Å²) in [4.78, 5) is 43.6. The maximum absolute atomic E-state index is 13.8. The Hall–Kier alpha value is -3.85. The van der Waals surface area contributed by atoms with Crippen LogP contribution < -0.4 is 14.2 Å². The number of nitrogens with zero attached hydrogens (tertiary/aromatic N) is 1. The first-order valence-electron chi connectivity index (χ1n) is 14.0. The van der Waals surface area contributed by atoms with Crippen LogP contribution in [0, 0.1) is 10.8 Å². The molecule has 2 aromatic carbocycles. The molecule has 1 aliphatic heterocycles. The van der Waals surface area contributed by atoms with Gasteiger partial charge in [-0.25, -0.2) is 0 Å². The van der Waals surface area contributed by atoms with E-state index < -0.39 is 22.8 Å². The molecule has 1 heterocycles. The molecule has 1 saturated heterocycles. The summed E-state index contributed by atoms with van der Waals surface area (Å²) in [7, 11) is 4.64. The highest BCUT2D eigenvalue weighted by atomic mass is 16.5. The molecule has 0 spiro atoms. The molecule has 2 fully saturated rings. The van der Waals surface area contributed by atoms with Gasteiger partial charge in [-0.3, -0.25) is 19.3 Å². The van der Waals surface area contributed by atoms with Gasteiger partial charge in [-0.05, 0) is 74.2 Å². The van der Waals surface area contributed by atoms with Crippen molar-refractivity contribution in [1.29, 1.82) is 0 Å². The van der Waals surface area contributed by atoms with E-state index in [2.05, 4.69) is 4.90 Å². The molecule has 9 heteroatoms. The molecule has 0 unspecified atom stereocenters. The van der Waals surface area contributed by atoms with Gasteiger partial charge in [0.1, 0.15) is 16.6 Å². The van der Waals surface area contributed by atoms with E-state index in [0.717, 1.165) is 11.3 Å². The Morgan fingerprint density at radius 3 is 1.90 bits per heavy atom. The van der Waals surface area contributed by atoms with Gasteiger partial charge in [0.15, 0.2) is 17.3 Å². The average Bonchev–Trinajstić information content (AvgIpc) is 2.97. The third kappa shape index (κ3) is 5.81. The fourth-order valence-electron chi connectivity index (χ4n) is 6.24. The normalized spacial score (nSPS) is 23.0. The number of ether oxygens (including phenoxy) is 5. The number of piperidine rings is 1. The second kappa shape index (κ2) is 12.8. The van der Waals surface area contributed by atoms with Crippen molar-refractivity contribution in [3.05, 3.63) is 65.2 Å². The molecule has 2 aliphatic rings. The van der Waals surface area contributed by atoms with Gasteiger partial charge in [0.2, 0.25) is 0 Å². The van der Waals surface area contributed by atoms with Gasteiger partial charge in [0.25, 0.3) is 0 Å². The lowest BCUT2D eigenvalue weighted by molar-refractivity contribution is -0.169. The fourth-order valence-corrected chi connectivity index (χ4v) is 6.24. The number of carbonyl (C=O) groups is 3. The topological polar surface area (TPSA) is 101 Å². The van der Waals surface area contributed by atoms with Crippen molar-refractivity contribution in [3.63, 3.8) is 0 Å². The predicted molar refractivity (Wildman–Crippen MR) is 152 cm³/mol. The number of ketones is 1. The van der Waals surface area contributed by atoms with Crippen LogP contribution in [-0.4, -0.2) is 70.3 Å². The van der Waals surface area contributed by atoms with Crippen LogP contribution in [0.5, 0.6) is 17.2 Å². The summed E-state index contributed by atoms with van der Waals surface area (Å²) in [5.74, 6) is 0.444. The first-order valence-corrected chi connectivity index (χ1v) is 14.0. The molecule has 0 N–H and O–H groups in total. The van der Waals surface area contributed by atoms with Crippen LogP contribution in [-0.2, 0) is 25.6 Å². The van der Waals surface area contributed by atoms with Crippen LogP contribution in [0.1, 0.15) is 49.0 Å². The molecule has 2 aromatic rings. The molecule has 41 heavy (non-hydrogen) atoms. The van der Waals surface area contributed by atoms with Crippen molar-refractivity contribution >= 4 is 17.7 Å². The third-order valence-electron chi connectivity index (χ3n) is 8.07. The Labute approximate surface area is 241 Å². The molecule has 220 valence electrons. The monoisotopic (exact) mass is 565 g/mol. The Bertz CT molecular complexity index is 1270. The summed E-state index contributed by atoms with van der Waals surface area (Å²) in [6, 6.07) is 12.6. The van der Waals surface area contributed by atoms with Crippen LogP contribution in [0.25, 0.3) is 0 Å². The fraction of sp³-hybridized carbons (Fsp3) is 0.469. The zero-order chi connectivity index (χ0) is 29.6. The Morgan fingerprint density at radius 1 is 0.805 bits per heavy atom. The minimum atomic E-state index is -1.18. The molecule has 1 saturated carbocycles. The summed E-state index contributed by atoms with van der Waals surface area (Å²) in [6.07, 6.45) is 3.00. The Morgan fingerprint density at radius 2 is 1.39 bits per heavy atom. The van der Waals surface area contributed by atoms with Crippen LogP contribution in [0.4, 0.5) is 0 Å². The minimum Gasteiger partial charge on any atom is -0.497 e. The number of esters is 2. The van der Waals surface area contributed by atoms with Crippen LogP contribution in [0.15, 0.2) is 54.1 Å². The average molecular weight is 566 g/mol. The van der Waals surface area contributed by atoms with Crippen molar-refractivity contribution in [3.8, 4) is 17.2 Å². The van der Waals surface area contributed by atoms with Gasteiger partial charge in [-0.1, -0.05) is 18.6 Å². The summed E-state index contributed by atoms with van der Waals surface area (Å²) in [5, 5.41) is 0. The standard InChI is InChI=1S/C32H39NO8/c1-6-40-29(35)31-15-8-16-32(30(36)41-7-2,21-33(20-31)19-22-9-12-24(37-3)13-10-22)28(31)18-25(34)23-11-14-26(38-4)27(17-23)39-5/h9-14,17-18H,6-8,15-16,19-21H2,1-5H3/t31-,32+. The molecule has 2 atom stereocenters. The number of hydrogen-bond donors (Lipinski definition) is 0. The highest BCUT2D eigenvalue weighted by Crippen LogP contribution is 2.56. The van der Waals surface area contributed by atoms with Crippen LogP contribution >= 0.6 is 0 Å². The van der Waals surface area contributed by atoms with Gasteiger partial charge in [0, 0.05) is 25.2 Å². The van der Waals surface area contributed by atoms with Gasteiger partial charge in [-0.2, -0.15) is 0 Å². The van der Waals surface area contributed by atoms with E-state index in [9.17, 15) is 14.4 Å². The van der Waals surface area contributed by atoms with E-state index >= 15 is 0 Å². The molecular formula is C32H39NO8. The maximum Gasteiger partial charge on any atom is 0.317 e. The molecule has 4 rings (SSSR count). The molecule has 2 bridgehead atoms. The highest BCUT2D eigenvalue weighted by Gasteiger charge is 2.62. The number of allylic oxidation sites excluding steroid dienone is 1. The highest BCUT2D eigenvalue weighted by molar-refractivity contribution is 6.07. The molecule has 0 amide bonds. The molecule has 9 nitrogen and oxygen atoms in total. The lowest BCUT2D eigenvalue weighted by atomic mass is 9.54. The van der Waals surface area contributed by atoms with Crippen molar-refractivity contribution in [2.45, 2.75) is 39.7 Å². The van der Waals surface area contributed by atoms with E-state index in [0.29, 0.717) is 61.5 Å². The zero-order valence-electron chi connectivity index (χ0n) is 24.5. The molecule has 0 radical (unpaired) electrons. The number of hydrogen-bond acceptors (Lipinski definition) is 9. The van der Waals surface area contributed by atoms with E-state index in [4.69, 9.17) is 23.7 Å². The summed E-state index contributed by atoms with van der Waals surface area (Å²) < 4.78 is 27.3. The van der Waals surface area contributed by atoms with Gasteiger partial charge >= 0.3 is 11.9 Å². The lowest BCUT2D eigenvalue weighted by Gasteiger charge is -2.55. The molecular weight excluding hydrogens is 526 g/mol. The summed E-state index contributed by atoms with van der Waals surface area (Å²) in [6.45, 7) is 5.00. The van der Waals surface area contributed by atoms with Crippen LogP contribution in [0.3, 0.4) is 0 Å². The number of rotatable bonds is 11. The second-order valence-corrected chi connectivity index (χ2v) is 10.4. The minimum absolute atomic E-state index is 0.183. The zero-order valence-corrected chi connectivity index (χ0v) is 24.5. The number of likely N-dealkylation sites (tertiary alicyclic amines) is 1. The largest absolute Gasteiger partial charge is 0.497 e. The van der Waals surface area contributed by atoms with Gasteiger partial charge in [-0.15, -0.1) is 0 Å². The molecule has 0 aromatic heterocycles. The van der Waals surface area contributed by atoms with Crippen molar-refractivity contribution in [1.82, 2.24) is 4.90 Å². The SMILES string of the molecule is CCOC(=O)[C@]12CCC[C@](C(=O)OCC)(CN(Cc3ccc(OC)cc3)C1)C2=CC(=O)c1ccc(OC)c(OC)c1. The van der Waals surface area contributed by atoms with E-state index in [1.165, 1.54) is 20.3 Å². The predicted octanol–water partition coefficient (Wildman–Crippen LogP) is 4.62. The van der Waals surface area contributed by atoms with Crippen molar-refractivity contribution < 1.29 is 38.1 Å². The van der Waals surface area contributed by atoms with Crippen molar-refractivity contribution in [2.75, 3.05) is 47.6 Å². The van der Waals surface area contributed by atoms with E-state index in [1.807, 2.05) is 24.3 Å². The van der Waals surface area contributed by atoms with Gasteiger partial charge < -0.3 is 23.7 Å². The van der Waals surface area contributed by atoms with E-state index in [1.54, 1.807) is 39.2 Å². The number of carbonyl (C=O) groups excluding carboxylic acids is 3. The maximum atomic E-state index is 13.8.